The molecule has 1 fully saturated rings. The Morgan fingerprint density at radius 2 is 1.67 bits per heavy atom. The average Bonchev–Trinajstić information content (AvgIpc) is 2.30. The van der Waals surface area contributed by atoms with Crippen molar-refractivity contribution in [2.75, 3.05) is 0 Å². The van der Waals surface area contributed by atoms with Crippen LogP contribution in [0.2, 0.25) is 5.02 Å². The third-order valence-electron chi connectivity index (χ3n) is 3.77. The zero-order valence-electron chi connectivity index (χ0n) is 9.38. The SMILES string of the molecule is CC[C@H]1CC[C@H](c2ccc(Cl)cc2)CC1. The van der Waals surface area contributed by atoms with Crippen molar-refractivity contribution in [1.29, 1.82) is 0 Å². The second-order valence-electron chi connectivity index (χ2n) is 4.68. The standard InChI is InChI=1S/C14H19Cl/c1-2-11-3-5-12(6-4-11)13-7-9-14(15)10-8-13/h7-12H,2-6H2,1H3/t11-,12-. The summed E-state index contributed by atoms with van der Waals surface area (Å²) in [6, 6.07) is 8.42. The maximum Gasteiger partial charge on any atom is 0.0406 e. The summed E-state index contributed by atoms with van der Waals surface area (Å²) in [5.74, 6) is 1.76. The van der Waals surface area contributed by atoms with Crippen molar-refractivity contribution < 1.29 is 0 Å². The average molecular weight is 223 g/mol. The number of rotatable bonds is 2. The van der Waals surface area contributed by atoms with E-state index in [4.69, 9.17) is 11.6 Å². The molecule has 0 radical (unpaired) electrons. The molecule has 1 aromatic rings. The highest BCUT2D eigenvalue weighted by Gasteiger charge is 2.20. The predicted octanol–water partition coefficient (Wildman–Crippen LogP) is 5.02. The van der Waals surface area contributed by atoms with E-state index < -0.39 is 0 Å². The number of hydrogen-bond acceptors (Lipinski definition) is 0. The van der Waals surface area contributed by atoms with Crippen LogP contribution in [0.5, 0.6) is 0 Å². The molecule has 0 N–H and O–H groups in total. The summed E-state index contributed by atoms with van der Waals surface area (Å²) in [6.07, 6.45) is 6.89. The number of benzene rings is 1. The van der Waals surface area contributed by atoms with Gasteiger partial charge in [0.25, 0.3) is 0 Å². The van der Waals surface area contributed by atoms with Gasteiger partial charge in [0.05, 0.1) is 0 Å². The quantitative estimate of drug-likeness (QED) is 0.659. The van der Waals surface area contributed by atoms with Crippen molar-refractivity contribution in [2.24, 2.45) is 5.92 Å². The summed E-state index contributed by atoms with van der Waals surface area (Å²) >= 11 is 5.90. The lowest BCUT2D eigenvalue weighted by Gasteiger charge is -2.28. The van der Waals surface area contributed by atoms with E-state index in [1.807, 2.05) is 12.1 Å². The van der Waals surface area contributed by atoms with E-state index in [0.29, 0.717) is 0 Å². The van der Waals surface area contributed by atoms with Crippen LogP contribution in [0.4, 0.5) is 0 Å². The summed E-state index contributed by atoms with van der Waals surface area (Å²) in [5, 5.41) is 0.848. The first-order valence-corrected chi connectivity index (χ1v) is 6.43. The summed E-state index contributed by atoms with van der Waals surface area (Å²) in [5.41, 5.74) is 1.48. The van der Waals surface area contributed by atoms with Crippen molar-refractivity contribution in [3.63, 3.8) is 0 Å². The molecule has 1 aromatic carbocycles. The molecule has 0 heterocycles. The molecule has 1 aliphatic rings. The predicted molar refractivity (Wildman–Crippen MR) is 66.4 cm³/mol. The zero-order valence-corrected chi connectivity index (χ0v) is 10.1. The lowest BCUT2D eigenvalue weighted by molar-refractivity contribution is 0.319. The van der Waals surface area contributed by atoms with E-state index in [0.717, 1.165) is 16.9 Å². The number of halogens is 1. The maximum absolute atomic E-state index is 5.90. The normalized spacial score (nSPS) is 26.5. The molecule has 0 aromatic heterocycles. The van der Waals surface area contributed by atoms with Gasteiger partial charge in [0.15, 0.2) is 0 Å². The van der Waals surface area contributed by atoms with Crippen molar-refractivity contribution in [3.8, 4) is 0 Å². The lowest BCUT2D eigenvalue weighted by atomic mass is 9.78. The van der Waals surface area contributed by atoms with Gasteiger partial charge in [-0.1, -0.05) is 37.1 Å². The lowest BCUT2D eigenvalue weighted by Crippen LogP contribution is -2.12. The molecule has 82 valence electrons. The molecule has 15 heavy (non-hydrogen) atoms. The third-order valence-corrected chi connectivity index (χ3v) is 4.02. The van der Waals surface area contributed by atoms with Crippen LogP contribution in [-0.2, 0) is 0 Å². The zero-order chi connectivity index (χ0) is 10.7. The molecule has 2 rings (SSSR count). The summed E-state index contributed by atoms with van der Waals surface area (Å²) in [7, 11) is 0. The van der Waals surface area contributed by atoms with Crippen LogP contribution in [0.3, 0.4) is 0 Å². The fourth-order valence-electron chi connectivity index (χ4n) is 2.64. The molecule has 0 amide bonds. The molecule has 0 bridgehead atoms. The first kappa shape index (κ1) is 11.0. The van der Waals surface area contributed by atoms with Crippen LogP contribution < -0.4 is 0 Å². The van der Waals surface area contributed by atoms with Gasteiger partial charge in [-0.15, -0.1) is 0 Å². The van der Waals surface area contributed by atoms with E-state index in [2.05, 4.69) is 19.1 Å². The van der Waals surface area contributed by atoms with Crippen LogP contribution in [0.1, 0.15) is 50.5 Å². The van der Waals surface area contributed by atoms with Crippen molar-refractivity contribution >= 4 is 11.6 Å². The van der Waals surface area contributed by atoms with Gasteiger partial charge < -0.3 is 0 Å². The minimum Gasteiger partial charge on any atom is -0.0843 e. The molecule has 0 saturated heterocycles. The van der Waals surface area contributed by atoms with Gasteiger partial charge in [-0.2, -0.15) is 0 Å². The minimum absolute atomic E-state index is 0.782. The Morgan fingerprint density at radius 1 is 1.07 bits per heavy atom. The van der Waals surface area contributed by atoms with E-state index >= 15 is 0 Å². The van der Waals surface area contributed by atoms with Crippen LogP contribution in [0.15, 0.2) is 24.3 Å². The van der Waals surface area contributed by atoms with E-state index in [1.54, 1.807) is 0 Å². The summed E-state index contributed by atoms with van der Waals surface area (Å²) < 4.78 is 0. The monoisotopic (exact) mass is 222 g/mol. The molecule has 1 saturated carbocycles. The van der Waals surface area contributed by atoms with Crippen LogP contribution in [-0.4, -0.2) is 0 Å². The van der Waals surface area contributed by atoms with E-state index in [-0.39, 0.29) is 0 Å². The first-order valence-electron chi connectivity index (χ1n) is 6.05. The molecule has 0 atom stereocenters. The highest BCUT2D eigenvalue weighted by Crippen LogP contribution is 2.37. The van der Waals surface area contributed by atoms with Crippen molar-refractivity contribution in [2.45, 2.75) is 44.9 Å². The highest BCUT2D eigenvalue weighted by atomic mass is 35.5. The summed E-state index contributed by atoms with van der Waals surface area (Å²) in [4.78, 5) is 0. The minimum atomic E-state index is 0.782. The Morgan fingerprint density at radius 3 is 2.20 bits per heavy atom. The largest absolute Gasteiger partial charge is 0.0843 e. The maximum atomic E-state index is 5.90. The van der Waals surface area contributed by atoms with Gasteiger partial charge in [-0.05, 0) is 55.2 Å². The Bertz CT molecular complexity index is 294. The fraction of sp³-hybridized carbons (Fsp3) is 0.571. The van der Waals surface area contributed by atoms with Crippen molar-refractivity contribution in [1.82, 2.24) is 0 Å². The molecule has 0 unspecified atom stereocenters. The Labute approximate surface area is 97.6 Å². The van der Waals surface area contributed by atoms with Gasteiger partial charge in [0.2, 0.25) is 0 Å². The van der Waals surface area contributed by atoms with E-state index in [9.17, 15) is 0 Å². The van der Waals surface area contributed by atoms with Crippen LogP contribution in [0, 0.1) is 5.92 Å². The molecule has 0 nitrogen and oxygen atoms in total. The Hall–Kier alpha value is -0.490. The first-order chi connectivity index (χ1) is 7.29. The van der Waals surface area contributed by atoms with Gasteiger partial charge in [-0.25, -0.2) is 0 Å². The molecule has 1 heteroatoms. The van der Waals surface area contributed by atoms with Gasteiger partial charge in [0.1, 0.15) is 0 Å². The second-order valence-corrected chi connectivity index (χ2v) is 5.11. The smallest absolute Gasteiger partial charge is 0.0406 e. The second kappa shape index (κ2) is 5.03. The topological polar surface area (TPSA) is 0 Å². The Balaban J connectivity index is 1.98. The molecule has 0 aliphatic heterocycles. The highest BCUT2D eigenvalue weighted by molar-refractivity contribution is 6.30. The van der Waals surface area contributed by atoms with Crippen LogP contribution in [0.25, 0.3) is 0 Å². The van der Waals surface area contributed by atoms with Gasteiger partial charge in [-0.3, -0.25) is 0 Å². The third kappa shape index (κ3) is 2.75. The van der Waals surface area contributed by atoms with Gasteiger partial charge in [0, 0.05) is 5.02 Å². The molecule has 0 spiro atoms. The summed E-state index contributed by atoms with van der Waals surface area (Å²) in [6.45, 7) is 2.31. The number of hydrogen-bond donors (Lipinski definition) is 0. The molecular weight excluding hydrogens is 204 g/mol. The molecule has 1 aliphatic carbocycles. The van der Waals surface area contributed by atoms with E-state index in [1.165, 1.54) is 37.7 Å². The van der Waals surface area contributed by atoms with Gasteiger partial charge >= 0.3 is 0 Å². The fourth-order valence-corrected chi connectivity index (χ4v) is 2.76. The van der Waals surface area contributed by atoms with Crippen LogP contribution >= 0.6 is 11.6 Å². The van der Waals surface area contributed by atoms with Crippen molar-refractivity contribution in [3.05, 3.63) is 34.9 Å². The molecular formula is C14H19Cl. The Kier molecular flexibility index (Phi) is 3.69.